The molecule has 0 saturated carbocycles. The van der Waals surface area contributed by atoms with Gasteiger partial charge in [-0.15, -0.1) is 0 Å². The number of carbonyl (C=O) groups excluding carboxylic acids is 1. The average Bonchev–Trinajstić information content (AvgIpc) is 2.60. The quantitative estimate of drug-likeness (QED) is 0.759. The van der Waals surface area contributed by atoms with Gasteiger partial charge in [0.05, 0.1) is 18.1 Å². The van der Waals surface area contributed by atoms with Gasteiger partial charge < -0.3 is 15.1 Å². The number of rotatable bonds is 4. The highest BCUT2D eigenvalue weighted by molar-refractivity contribution is 9.10. The van der Waals surface area contributed by atoms with Crippen molar-refractivity contribution in [2.24, 2.45) is 0 Å². The van der Waals surface area contributed by atoms with E-state index in [0.29, 0.717) is 21.0 Å². The Balaban J connectivity index is 1.67. The third-order valence-corrected chi connectivity index (χ3v) is 6.04. The molecule has 1 amide bonds. The van der Waals surface area contributed by atoms with Crippen molar-refractivity contribution in [2.45, 2.75) is 31.5 Å². The summed E-state index contributed by atoms with van der Waals surface area (Å²) in [5, 5.41) is 21.6. The Morgan fingerprint density at radius 1 is 1.15 bits per heavy atom. The van der Waals surface area contributed by atoms with Crippen molar-refractivity contribution in [2.75, 3.05) is 13.1 Å². The fourth-order valence-corrected chi connectivity index (χ4v) is 3.61. The Morgan fingerprint density at radius 3 is 2.27 bits per heavy atom. The highest BCUT2D eigenvalue weighted by Gasteiger charge is 2.46. The first-order chi connectivity index (χ1) is 12.2. The van der Waals surface area contributed by atoms with Crippen LogP contribution >= 0.6 is 27.5 Å². The highest BCUT2D eigenvalue weighted by Crippen LogP contribution is 2.35. The molecule has 0 radical (unpaired) electrons. The summed E-state index contributed by atoms with van der Waals surface area (Å²) in [7, 11) is 0. The minimum Gasteiger partial charge on any atom is -0.381 e. The smallest absolute Gasteiger partial charge is 0.256 e. The predicted molar refractivity (Wildman–Crippen MR) is 105 cm³/mol. The number of halogens is 2. The molecule has 4 nitrogen and oxygen atoms in total. The Kier molecular flexibility index (Phi) is 5.45. The van der Waals surface area contributed by atoms with E-state index < -0.39 is 17.6 Å². The third-order valence-electron chi connectivity index (χ3n) is 4.82. The van der Waals surface area contributed by atoms with Gasteiger partial charge in [-0.2, -0.15) is 0 Å². The van der Waals surface area contributed by atoms with Crippen LogP contribution in [-0.4, -0.2) is 34.1 Å². The lowest BCUT2D eigenvalue weighted by Crippen LogP contribution is -2.62. The molecule has 1 saturated heterocycles. The largest absolute Gasteiger partial charge is 0.381 e. The fraction of sp³-hybridized carbons (Fsp3) is 0.350. The van der Waals surface area contributed by atoms with E-state index in [1.165, 1.54) is 10.5 Å². The summed E-state index contributed by atoms with van der Waals surface area (Å²) in [6.45, 7) is 4.56. The maximum Gasteiger partial charge on any atom is 0.256 e. The molecule has 2 aromatic rings. The molecule has 1 aliphatic heterocycles. The predicted octanol–water partition coefficient (Wildman–Crippen LogP) is 3.99. The monoisotopic (exact) mass is 437 g/mol. The van der Waals surface area contributed by atoms with Gasteiger partial charge >= 0.3 is 0 Å². The number of aliphatic hydroxyl groups is 2. The number of amides is 1. The molecule has 0 aliphatic carbocycles. The van der Waals surface area contributed by atoms with Crippen molar-refractivity contribution in [3.63, 3.8) is 0 Å². The normalized spacial score (nSPS) is 17.1. The standard InChI is InChI=1S/C20H21BrClNO3/c1-12(2)13-3-6-15(7-4-13)20(26)10-23(11-20)19(25)18(24)14-5-8-17(22)16(21)9-14/h3-9,12,18,24,26H,10-11H2,1-2H3. The number of benzene rings is 2. The number of β-amino-alcohol motifs (C(OH)–C–C–N with tert-alkyl or cyclic N) is 1. The van der Waals surface area contributed by atoms with Crippen molar-refractivity contribution >= 4 is 33.4 Å². The Hall–Kier alpha value is -1.40. The van der Waals surface area contributed by atoms with E-state index in [1.807, 2.05) is 24.3 Å². The lowest BCUT2D eigenvalue weighted by Gasteiger charge is -2.47. The van der Waals surface area contributed by atoms with Crippen molar-refractivity contribution in [3.05, 3.63) is 68.7 Å². The van der Waals surface area contributed by atoms with Gasteiger partial charge in [-0.25, -0.2) is 0 Å². The fourth-order valence-electron chi connectivity index (χ4n) is 3.10. The minimum atomic E-state index is -1.28. The summed E-state index contributed by atoms with van der Waals surface area (Å²) in [4.78, 5) is 14.0. The van der Waals surface area contributed by atoms with Gasteiger partial charge in [0.15, 0.2) is 6.10 Å². The molecule has 26 heavy (non-hydrogen) atoms. The summed E-state index contributed by atoms with van der Waals surface area (Å²) < 4.78 is 0.619. The Bertz CT molecular complexity index is 816. The molecule has 0 spiro atoms. The second-order valence-electron chi connectivity index (χ2n) is 7.08. The number of hydrogen-bond donors (Lipinski definition) is 2. The molecular weight excluding hydrogens is 418 g/mol. The number of aliphatic hydroxyl groups excluding tert-OH is 1. The van der Waals surface area contributed by atoms with Crippen LogP contribution in [0.15, 0.2) is 46.9 Å². The SMILES string of the molecule is CC(C)c1ccc(C2(O)CN(C(=O)C(O)c3ccc(Cl)c(Br)c3)C2)cc1. The van der Waals surface area contributed by atoms with Crippen LogP contribution in [0.2, 0.25) is 5.02 Å². The number of likely N-dealkylation sites (tertiary alicyclic amines) is 1. The van der Waals surface area contributed by atoms with E-state index in [2.05, 4.69) is 29.8 Å². The molecular formula is C20H21BrClNO3. The lowest BCUT2D eigenvalue weighted by molar-refractivity contribution is -0.166. The summed E-state index contributed by atoms with van der Waals surface area (Å²) in [5.41, 5.74) is 1.39. The van der Waals surface area contributed by atoms with E-state index in [9.17, 15) is 15.0 Å². The summed E-state index contributed by atoms with van der Waals surface area (Å²) >= 11 is 9.23. The van der Waals surface area contributed by atoms with Crippen molar-refractivity contribution in [1.82, 2.24) is 4.90 Å². The van der Waals surface area contributed by atoms with Crippen molar-refractivity contribution < 1.29 is 15.0 Å². The second-order valence-corrected chi connectivity index (χ2v) is 8.34. The van der Waals surface area contributed by atoms with Crippen molar-refractivity contribution in [1.29, 1.82) is 0 Å². The van der Waals surface area contributed by atoms with E-state index in [-0.39, 0.29) is 13.1 Å². The molecule has 1 fully saturated rings. The van der Waals surface area contributed by atoms with Crippen molar-refractivity contribution in [3.8, 4) is 0 Å². The molecule has 1 unspecified atom stereocenters. The van der Waals surface area contributed by atoms with Crippen LogP contribution < -0.4 is 0 Å². The van der Waals surface area contributed by atoms with Crippen LogP contribution in [0, 0.1) is 0 Å². The molecule has 1 atom stereocenters. The molecule has 0 aromatic heterocycles. The van der Waals surface area contributed by atoms with Gasteiger partial charge in [-0.1, -0.05) is 55.8 Å². The van der Waals surface area contributed by atoms with Gasteiger partial charge in [0.1, 0.15) is 5.60 Å². The van der Waals surface area contributed by atoms with Crippen LogP contribution in [-0.2, 0) is 10.4 Å². The minimum absolute atomic E-state index is 0.165. The molecule has 2 aromatic carbocycles. The summed E-state index contributed by atoms with van der Waals surface area (Å²) in [6, 6.07) is 12.7. The zero-order valence-corrected chi connectivity index (χ0v) is 17.0. The van der Waals surface area contributed by atoms with Gasteiger partial charge in [-0.3, -0.25) is 4.79 Å². The topological polar surface area (TPSA) is 60.8 Å². The van der Waals surface area contributed by atoms with E-state index >= 15 is 0 Å². The molecule has 6 heteroatoms. The Morgan fingerprint density at radius 2 is 1.73 bits per heavy atom. The average molecular weight is 439 g/mol. The molecule has 3 rings (SSSR count). The maximum absolute atomic E-state index is 12.5. The zero-order chi connectivity index (χ0) is 19.1. The molecule has 1 heterocycles. The highest BCUT2D eigenvalue weighted by atomic mass is 79.9. The van der Waals surface area contributed by atoms with E-state index in [1.54, 1.807) is 18.2 Å². The van der Waals surface area contributed by atoms with Crippen LogP contribution in [0.5, 0.6) is 0 Å². The maximum atomic E-state index is 12.5. The van der Waals surface area contributed by atoms with Gasteiger partial charge in [-0.05, 0) is 50.7 Å². The van der Waals surface area contributed by atoms with Gasteiger partial charge in [0.25, 0.3) is 5.91 Å². The second kappa shape index (κ2) is 7.31. The number of nitrogens with zero attached hydrogens (tertiary/aromatic N) is 1. The van der Waals surface area contributed by atoms with Crippen LogP contribution in [0.4, 0.5) is 0 Å². The molecule has 1 aliphatic rings. The summed E-state index contributed by atoms with van der Waals surface area (Å²) in [6.07, 6.45) is -1.28. The third kappa shape index (κ3) is 3.67. The number of carbonyl (C=O) groups is 1. The van der Waals surface area contributed by atoms with Crippen LogP contribution in [0.3, 0.4) is 0 Å². The summed E-state index contributed by atoms with van der Waals surface area (Å²) in [5.74, 6) is -0.00490. The number of hydrogen-bond acceptors (Lipinski definition) is 3. The Labute approximate surface area is 166 Å². The van der Waals surface area contributed by atoms with Gasteiger partial charge in [0, 0.05) is 4.47 Å². The first-order valence-electron chi connectivity index (χ1n) is 8.46. The van der Waals surface area contributed by atoms with E-state index in [0.717, 1.165) is 5.56 Å². The zero-order valence-electron chi connectivity index (χ0n) is 14.6. The first-order valence-corrected chi connectivity index (χ1v) is 9.63. The van der Waals surface area contributed by atoms with Gasteiger partial charge in [0.2, 0.25) is 0 Å². The first kappa shape index (κ1) is 19.4. The van der Waals surface area contributed by atoms with E-state index in [4.69, 9.17) is 11.6 Å². The molecule has 0 bridgehead atoms. The van der Waals surface area contributed by atoms with Crippen LogP contribution in [0.1, 0.15) is 42.6 Å². The molecule has 2 N–H and O–H groups in total. The molecule has 138 valence electrons. The van der Waals surface area contributed by atoms with Crippen LogP contribution in [0.25, 0.3) is 0 Å². The lowest BCUT2D eigenvalue weighted by atomic mass is 9.84.